The topological polar surface area (TPSA) is 79.4 Å². The number of likely N-dealkylation sites (N-methyl/N-ethyl adjacent to an activating group) is 1. The van der Waals surface area contributed by atoms with Gasteiger partial charge in [0.2, 0.25) is 5.91 Å². The van der Waals surface area contributed by atoms with Crippen LogP contribution in [-0.2, 0) is 17.0 Å². The van der Waals surface area contributed by atoms with Gasteiger partial charge in [-0.25, -0.2) is 8.78 Å². The lowest BCUT2D eigenvalue weighted by Gasteiger charge is -2.21. The fourth-order valence-corrected chi connectivity index (χ4v) is 6.05. The van der Waals surface area contributed by atoms with Crippen molar-refractivity contribution < 1.29 is 18.3 Å². The number of carbonyl (C=O) groups excluding carboxylic acids is 1. The van der Waals surface area contributed by atoms with Crippen LogP contribution in [0.25, 0.3) is 22.0 Å². The van der Waals surface area contributed by atoms with Gasteiger partial charge in [-0.05, 0) is 74.0 Å². The zero-order valence-corrected chi connectivity index (χ0v) is 22.2. The number of fused-ring (bicyclic) bond motifs is 2. The van der Waals surface area contributed by atoms with Crippen molar-refractivity contribution in [1.29, 1.82) is 0 Å². The molecule has 2 aliphatic heterocycles. The molecule has 38 heavy (non-hydrogen) atoms. The van der Waals surface area contributed by atoms with Crippen LogP contribution < -0.4 is 15.4 Å². The number of thioether (sulfide) groups is 1. The zero-order valence-electron chi connectivity index (χ0n) is 21.4. The summed E-state index contributed by atoms with van der Waals surface area (Å²) in [7, 11) is 2.07. The highest BCUT2D eigenvalue weighted by atomic mass is 32.2. The third kappa shape index (κ3) is 5.61. The van der Waals surface area contributed by atoms with E-state index in [0.717, 1.165) is 30.7 Å². The number of likely N-dealkylation sites (tertiary alicyclic amines) is 1. The van der Waals surface area contributed by atoms with E-state index in [1.807, 2.05) is 0 Å². The van der Waals surface area contributed by atoms with Crippen molar-refractivity contribution in [2.24, 2.45) is 0 Å². The van der Waals surface area contributed by atoms with Gasteiger partial charge in [0.25, 0.3) is 0 Å². The van der Waals surface area contributed by atoms with Crippen molar-refractivity contribution in [1.82, 2.24) is 20.2 Å². The van der Waals surface area contributed by atoms with E-state index < -0.39 is 5.82 Å². The van der Waals surface area contributed by atoms with E-state index in [1.54, 1.807) is 23.9 Å². The monoisotopic (exact) mass is 539 g/mol. The first-order valence-electron chi connectivity index (χ1n) is 12.8. The minimum absolute atomic E-state index is 0.200. The van der Waals surface area contributed by atoms with E-state index >= 15 is 4.39 Å². The number of nitrogens with one attached hydrogen (secondary N) is 2. The average molecular weight is 540 g/mol. The largest absolute Gasteiger partial charge is 0.462 e. The Morgan fingerprint density at radius 1 is 1.21 bits per heavy atom. The van der Waals surface area contributed by atoms with Crippen LogP contribution in [0.5, 0.6) is 6.01 Å². The van der Waals surface area contributed by atoms with E-state index in [0.29, 0.717) is 65.3 Å². The number of halogens is 2. The molecule has 1 amide bonds. The van der Waals surface area contributed by atoms with Crippen LogP contribution in [0.1, 0.15) is 24.0 Å². The molecule has 1 aromatic heterocycles. The van der Waals surface area contributed by atoms with Crippen LogP contribution >= 0.6 is 11.8 Å². The molecule has 1 atom stereocenters. The predicted octanol–water partition coefficient (Wildman–Crippen LogP) is 4.55. The van der Waals surface area contributed by atoms with Crippen LogP contribution in [0.4, 0.5) is 14.6 Å². The lowest BCUT2D eigenvalue weighted by Crippen LogP contribution is -2.31. The Hall–Kier alpha value is -3.24. The van der Waals surface area contributed by atoms with Crippen LogP contribution in [0.3, 0.4) is 0 Å². The summed E-state index contributed by atoms with van der Waals surface area (Å²) in [5, 5.41) is 6.38. The number of carbonyl (C=O) groups is 1. The number of benzene rings is 2. The summed E-state index contributed by atoms with van der Waals surface area (Å²) in [6.45, 7) is 5.62. The summed E-state index contributed by atoms with van der Waals surface area (Å²) < 4.78 is 36.1. The second-order valence-electron chi connectivity index (χ2n) is 9.57. The van der Waals surface area contributed by atoms with Gasteiger partial charge < -0.3 is 20.3 Å². The van der Waals surface area contributed by atoms with Crippen molar-refractivity contribution in [3.8, 4) is 17.1 Å². The molecule has 200 valence electrons. The number of nitrogens with zero attached hydrogens (tertiary/aromatic N) is 3. The SMILES string of the molecule is C=CC(=O)NCCNc1nc(OC[C@@H]2CCCN2C)nc2cc(-c3ccc(F)c4c3CCSC4)c(F)cc12. The lowest BCUT2D eigenvalue weighted by atomic mass is 9.92. The molecule has 3 aromatic rings. The summed E-state index contributed by atoms with van der Waals surface area (Å²) >= 11 is 1.68. The van der Waals surface area contributed by atoms with Gasteiger partial charge in [-0.1, -0.05) is 12.6 Å². The standard InChI is InChI=1S/C28H31F2N5O2S/c1-3-26(36)31-9-10-32-27-21-13-24(30)20(18-6-7-23(29)22-16-38-12-8-19(18)22)14-25(21)33-28(34-27)37-15-17-5-4-11-35(17)2/h3,6-7,13-14,17H,1,4-5,8-12,15-16H2,2H3,(H,31,36)(H,32,33,34)/t17-/m0/s1. The Labute approximate surface area is 225 Å². The average Bonchev–Trinajstić information content (AvgIpc) is 3.34. The van der Waals surface area contributed by atoms with Crippen LogP contribution in [0, 0.1) is 11.6 Å². The van der Waals surface area contributed by atoms with Crippen LogP contribution in [0.15, 0.2) is 36.9 Å². The molecular formula is C28H31F2N5O2S. The van der Waals surface area contributed by atoms with Gasteiger partial charge in [0.1, 0.15) is 24.1 Å². The number of rotatable bonds is 9. The molecule has 2 N–H and O–H groups in total. The minimum atomic E-state index is -0.433. The van der Waals surface area contributed by atoms with Gasteiger partial charge in [-0.2, -0.15) is 21.7 Å². The molecule has 0 spiro atoms. The van der Waals surface area contributed by atoms with Crippen molar-refractivity contribution in [3.63, 3.8) is 0 Å². The van der Waals surface area contributed by atoms with Crippen LogP contribution in [-0.4, -0.2) is 65.9 Å². The van der Waals surface area contributed by atoms with Crippen molar-refractivity contribution in [2.75, 3.05) is 44.4 Å². The summed E-state index contributed by atoms with van der Waals surface area (Å²) in [6.07, 6.45) is 4.05. The highest BCUT2D eigenvalue weighted by Crippen LogP contribution is 2.38. The Kier molecular flexibility index (Phi) is 8.09. The quantitative estimate of drug-likeness (QED) is 0.305. The molecule has 0 bridgehead atoms. The highest BCUT2D eigenvalue weighted by Gasteiger charge is 2.24. The van der Waals surface area contributed by atoms with E-state index in [9.17, 15) is 9.18 Å². The van der Waals surface area contributed by atoms with Crippen molar-refractivity contribution >= 4 is 34.4 Å². The van der Waals surface area contributed by atoms with Gasteiger partial charge in [0.05, 0.1) is 5.52 Å². The molecule has 1 fully saturated rings. The van der Waals surface area contributed by atoms with E-state index in [-0.39, 0.29) is 23.8 Å². The summed E-state index contributed by atoms with van der Waals surface area (Å²) in [5.74, 6) is 0.905. The molecule has 5 rings (SSSR count). The molecule has 0 radical (unpaired) electrons. The summed E-state index contributed by atoms with van der Waals surface area (Å²) in [4.78, 5) is 22.9. The fourth-order valence-electron chi connectivity index (χ4n) is 5.04. The summed E-state index contributed by atoms with van der Waals surface area (Å²) in [6, 6.07) is 6.67. The normalized spacial score (nSPS) is 17.3. The first kappa shape index (κ1) is 26.4. The maximum atomic E-state index is 15.6. The number of ether oxygens (including phenoxy) is 1. The van der Waals surface area contributed by atoms with Gasteiger partial charge in [0.15, 0.2) is 0 Å². The second-order valence-corrected chi connectivity index (χ2v) is 10.7. The Morgan fingerprint density at radius 3 is 2.87 bits per heavy atom. The van der Waals surface area contributed by atoms with Crippen molar-refractivity contribution in [2.45, 2.75) is 31.1 Å². The fraction of sp³-hybridized carbons (Fsp3) is 0.393. The Bertz CT molecular complexity index is 1370. The van der Waals surface area contributed by atoms with Crippen molar-refractivity contribution in [3.05, 3.63) is 59.7 Å². The molecule has 0 saturated carbocycles. The molecular weight excluding hydrogens is 508 g/mol. The first-order valence-corrected chi connectivity index (χ1v) is 14.0. The molecule has 2 aromatic carbocycles. The molecule has 0 unspecified atom stereocenters. The maximum absolute atomic E-state index is 15.6. The van der Waals surface area contributed by atoms with Gasteiger partial charge in [-0.15, -0.1) is 0 Å². The van der Waals surface area contributed by atoms with Gasteiger partial charge in [-0.3, -0.25) is 4.79 Å². The molecule has 10 heteroatoms. The smallest absolute Gasteiger partial charge is 0.318 e. The number of hydrogen-bond acceptors (Lipinski definition) is 7. The molecule has 1 saturated heterocycles. The number of aromatic nitrogens is 2. The van der Waals surface area contributed by atoms with E-state index in [2.05, 4.69) is 39.1 Å². The van der Waals surface area contributed by atoms with Crippen LogP contribution in [0.2, 0.25) is 0 Å². The number of amides is 1. The number of hydrogen-bond donors (Lipinski definition) is 2. The van der Waals surface area contributed by atoms with Gasteiger partial charge >= 0.3 is 6.01 Å². The molecule has 3 heterocycles. The van der Waals surface area contributed by atoms with E-state index in [4.69, 9.17) is 4.74 Å². The molecule has 0 aliphatic carbocycles. The minimum Gasteiger partial charge on any atom is -0.462 e. The zero-order chi connectivity index (χ0) is 26.6. The lowest BCUT2D eigenvalue weighted by molar-refractivity contribution is -0.116. The van der Waals surface area contributed by atoms with E-state index in [1.165, 1.54) is 18.2 Å². The maximum Gasteiger partial charge on any atom is 0.318 e. The Morgan fingerprint density at radius 2 is 2.08 bits per heavy atom. The third-order valence-corrected chi connectivity index (χ3v) is 8.14. The summed E-state index contributed by atoms with van der Waals surface area (Å²) in [5.41, 5.74) is 3.09. The van der Waals surface area contributed by atoms with Gasteiger partial charge in [0, 0.05) is 41.4 Å². The number of anilines is 1. The molecule has 2 aliphatic rings. The second kappa shape index (κ2) is 11.7. The predicted molar refractivity (Wildman–Crippen MR) is 148 cm³/mol. The Balaban J connectivity index is 1.51. The highest BCUT2D eigenvalue weighted by molar-refractivity contribution is 7.98. The molecule has 7 nitrogen and oxygen atoms in total. The third-order valence-electron chi connectivity index (χ3n) is 7.15. The first-order chi connectivity index (χ1) is 18.4.